The third kappa shape index (κ3) is 8.36. The van der Waals surface area contributed by atoms with E-state index in [9.17, 15) is 9.59 Å². The average molecular weight is 583 g/mol. The number of piperazine rings is 2. The van der Waals surface area contributed by atoms with Gasteiger partial charge in [-0.15, -0.1) is 0 Å². The molecular weight excluding hydrogens is 536 g/mol. The lowest BCUT2D eigenvalue weighted by atomic mass is 10.0. The summed E-state index contributed by atoms with van der Waals surface area (Å²) in [5.74, 6) is 0.326. The summed E-state index contributed by atoms with van der Waals surface area (Å²) in [5, 5.41) is 3.60. The summed E-state index contributed by atoms with van der Waals surface area (Å²) in [7, 11) is 4.12. The molecule has 0 aromatic heterocycles. The summed E-state index contributed by atoms with van der Waals surface area (Å²) in [6.07, 6.45) is 0.663. The molecule has 0 bridgehead atoms. The van der Waals surface area contributed by atoms with Gasteiger partial charge in [-0.3, -0.25) is 14.5 Å². The van der Waals surface area contributed by atoms with Crippen molar-refractivity contribution in [2.45, 2.75) is 32.5 Å². The SMILES string of the molecule is CC(=O)N1CCN(c2ccc(CNC(Cc3ccccc3)C(=O)N3CCN(Cc4ccc(N(C)C)cc4)CC3)cc2)CC1. The third-order valence-electron chi connectivity index (χ3n) is 8.70. The van der Waals surface area contributed by atoms with Gasteiger partial charge in [0, 0.05) is 97.8 Å². The minimum Gasteiger partial charge on any atom is -0.378 e. The van der Waals surface area contributed by atoms with Gasteiger partial charge in [0.25, 0.3) is 0 Å². The minimum absolute atomic E-state index is 0.147. The summed E-state index contributed by atoms with van der Waals surface area (Å²) in [4.78, 5) is 36.3. The van der Waals surface area contributed by atoms with Gasteiger partial charge >= 0.3 is 0 Å². The second kappa shape index (κ2) is 14.5. The van der Waals surface area contributed by atoms with Crippen molar-refractivity contribution in [2.24, 2.45) is 0 Å². The van der Waals surface area contributed by atoms with Crippen molar-refractivity contribution < 1.29 is 9.59 Å². The first-order valence-electron chi connectivity index (χ1n) is 15.5. The Kier molecular flexibility index (Phi) is 10.3. The summed E-state index contributed by atoms with van der Waals surface area (Å²) in [6.45, 7) is 9.64. The molecule has 8 nitrogen and oxygen atoms in total. The fourth-order valence-electron chi connectivity index (χ4n) is 5.95. The molecule has 2 amide bonds. The van der Waals surface area contributed by atoms with E-state index in [1.807, 2.05) is 28.0 Å². The van der Waals surface area contributed by atoms with Crippen molar-refractivity contribution in [3.63, 3.8) is 0 Å². The van der Waals surface area contributed by atoms with Crippen molar-refractivity contribution in [3.05, 3.63) is 95.6 Å². The summed E-state index contributed by atoms with van der Waals surface area (Å²) in [5.41, 5.74) is 6.00. The van der Waals surface area contributed by atoms with Crippen LogP contribution in [0.4, 0.5) is 11.4 Å². The van der Waals surface area contributed by atoms with Crippen molar-refractivity contribution in [1.82, 2.24) is 20.0 Å². The van der Waals surface area contributed by atoms with E-state index in [2.05, 4.69) is 94.8 Å². The van der Waals surface area contributed by atoms with Crippen molar-refractivity contribution >= 4 is 23.2 Å². The van der Waals surface area contributed by atoms with Crippen LogP contribution >= 0.6 is 0 Å². The Morgan fingerprint density at radius 1 is 0.721 bits per heavy atom. The van der Waals surface area contributed by atoms with Gasteiger partial charge in [0.2, 0.25) is 11.8 Å². The first kappa shape index (κ1) is 30.6. The second-order valence-electron chi connectivity index (χ2n) is 11.9. The van der Waals surface area contributed by atoms with Crippen LogP contribution in [0.25, 0.3) is 0 Å². The number of anilines is 2. The molecule has 2 saturated heterocycles. The lowest BCUT2D eigenvalue weighted by Gasteiger charge is -2.37. The molecule has 1 unspecified atom stereocenters. The first-order valence-corrected chi connectivity index (χ1v) is 15.5. The standard InChI is InChI=1S/C35H46N6O2/c1-28(42)39-21-23-40(24-22-39)33-15-9-30(10-16-33)26-36-34(25-29-7-5-4-6-8-29)35(43)41-19-17-38(18-20-41)27-31-11-13-32(14-12-31)37(2)3/h4-16,34,36H,17-27H2,1-3H3. The van der Waals surface area contributed by atoms with E-state index in [4.69, 9.17) is 0 Å². The number of rotatable bonds is 10. The molecule has 3 aromatic rings. The number of nitrogens with zero attached hydrogens (tertiary/aromatic N) is 5. The van der Waals surface area contributed by atoms with Gasteiger partial charge in [-0.2, -0.15) is 0 Å². The van der Waals surface area contributed by atoms with Gasteiger partial charge in [-0.05, 0) is 47.4 Å². The van der Waals surface area contributed by atoms with Gasteiger partial charge in [0.15, 0.2) is 0 Å². The van der Waals surface area contributed by atoms with Gasteiger partial charge in [0.05, 0.1) is 6.04 Å². The van der Waals surface area contributed by atoms with Gasteiger partial charge < -0.3 is 24.9 Å². The second-order valence-corrected chi connectivity index (χ2v) is 11.9. The smallest absolute Gasteiger partial charge is 0.240 e. The van der Waals surface area contributed by atoms with Crippen LogP contribution in [0.1, 0.15) is 23.6 Å². The number of carbonyl (C=O) groups is 2. The normalized spacial score (nSPS) is 16.7. The molecule has 1 atom stereocenters. The van der Waals surface area contributed by atoms with Crippen molar-refractivity contribution in [1.29, 1.82) is 0 Å². The zero-order valence-electron chi connectivity index (χ0n) is 25.9. The van der Waals surface area contributed by atoms with E-state index >= 15 is 0 Å². The van der Waals surface area contributed by atoms with E-state index in [1.165, 1.54) is 16.9 Å². The Morgan fingerprint density at radius 3 is 1.93 bits per heavy atom. The molecule has 2 heterocycles. The average Bonchev–Trinajstić information content (AvgIpc) is 3.04. The Hall–Kier alpha value is -3.88. The number of hydrogen-bond acceptors (Lipinski definition) is 6. The van der Waals surface area contributed by atoms with Crippen molar-refractivity contribution in [2.75, 3.05) is 76.3 Å². The fraction of sp³-hybridized carbons (Fsp3) is 0.429. The van der Waals surface area contributed by atoms with E-state index in [0.29, 0.717) is 13.0 Å². The predicted octanol–water partition coefficient (Wildman–Crippen LogP) is 3.47. The van der Waals surface area contributed by atoms with Crippen molar-refractivity contribution in [3.8, 4) is 0 Å². The highest BCUT2D eigenvalue weighted by Gasteiger charge is 2.28. The van der Waals surface area contributed by atoms with Gasteiger partial charge in [-0.25, -0.2) is 0 Å². The quantitative estimate of drug-likeness (QED) is 0.395. The molecule has 1 N–H and O–H groups in total. The molecule has 3 aromatic carbocycles. The molecule has 2 aliphatic rings. The molecule has 0 saturated carbocycles. The Bertz CT molecular complexity index is 1310. The first-order chi connectivity index (χ1) is 20.9. The highest BCUT2D eigenvalue weighted by molar-refractivity contribution is 5.82. The highest BCUT2D eigenvalue weighted by Crippen LogP contribution is 2.19. The number of hydrogen-bond donors (Lipinski definition) is 1. The monoisotopic (exact) mass is 582 g/mol. The molecule has 0 aliphatic carbocycles. The summed E-state index contributed by atoms with van der Waals surface area (Å²) < 4.78 is 0. The molecule has 2 fully saturated rings. The largest absolute Gasteiger partial charge is 0.378 e. The van der Waals surface area contributed by atoms with Crippen LogP contribution in [0, 0.1) is 0 Å². The summed E-state index contributed by atoms with van der Waals surface area (Å²) >= 11 is 0. The molecule has 228 valence electrons. The topological polar surface area (TPSA) is 62.4 Å². The number of nitrogens with one attached hydrogen (secondary N) is 1. The van der Waals surface area contributed by atoms with Crippen LogP contribution in [0.2, 0.25) is 0 Å². The number of amides is 2. The zero-order chi connectivity index (χ0) is 30.2. The van der Waals surface area contributed by atoms with E-state index < -0.39 is 0 Å². The predicted molar refractivity (Wildman–Crippen MR) is 174 cm³/mol. The van der Waals surface area contributed by atoms with E-state index in [0.717, 1.165) is 70.0 Å². The molecular formula is C35H46N6O2. The van der Waals surface area contributed by atoms with Crippen LogP contribution in [-0.4, -0.2) is 99.0 Å². The lowest BCUT2D eigenvalue weighted by molar-refractivity contribution is -0.135. The Morgan fingerprint density at radius 2 is 1.33 bits per heavy atom. The van der Waals surface area contributed by atoms with E-state index in [1.54, 1.807) is 6.92 Å². The Labute approximate surface area is 256 Å². The maximum atomic E-state index is 13.8. The molecule has 2 aliphatic heterocycles. The van der Waals surface area contributed by atoms with Crippen LogP contribution in [-0.2, 0) is 29.1 Å². The Balaban J connectivity index is 1.16. The number of benzene rings is 3. The van der Waals surface area contributed by atoms with Crippen LogP contribution in [0.15, 0.2) is 78.9 Å². The maximum absolute atomic E-state index is 13.8. The van der Waals surface area contributed by atoms with Crippen LogP contribution < -0.4 is 15.1 Å². The molecule has 43 heavy (non-hydrogen) atoms. The molecule has 0 radical (unpaired) electrons. The van der Waals surface area contributed by atoms with Crippen LogP contribution in [0.3, 0.4) is 0 Å². The third-order valence-corrected chi connectivity index (χ3v) is 8.70. The molecule has 5 rings (SSSR count). The van der Waals surface area contributed by atoms with Gasteiger partial charge in [0.1, 0.15) is 0 Å². The minimum atomic E-state index is -0.285. The molecule has 0 spiro atoms. The fourth-order valence-corrected chi connectivity index (χ4v) is 5.95. The number of carbonyl (C=O) groups excluding carboxylic acids is 2. The molecule has 8 heteroatoms. The maximum Gasteiger partial charge on any atom is 0.240 e. The highest BCUT2D eigenvalue weighted by atomic mass is 16.2. The van der Waals surface area contributed by atoms with Gasteiger partial charge in [-0.1, -0.05) is 54.6 Å². The van der Waals surface area contributed by atoms with Crippen LogP contribution in [0.5, 0.6) is 0 Å². The van der Waals surface area contributed by atoms with E-state index in [-0.39, 0.29) is 17.9 Å². The zero-order valence-corrected chi connectivity index (χ0v) is 25.9. The summed E-state index contributed by atoms with van der Waals surface area (Å²) in [6, 6.07) is 27.3. The lowest BCUT2D eigenvalue weighted by Crippen LogP contribution is -2.54.